The highest BCUT2D eigenvalue weighted by Gasteiger charge is 2.25. The minimum atomic E-state index is -3.64. The van der Waals surface area contributed by atoms with Crippen LogP contribution in [-0.2, 0) is 29.7 Å². The maximum atomic E-state index is 13.2. The molecule has 7 heteroatoms. The fraction of sp³-hybridized carbons (Fsp3) is 0.211. The molecule has 5 nitrogen and oxygen atoms in total. The van der Waals surface area contributed by atoms with Gasteiger partial charge in [-0.05, 0) is 36.8 Å². The second kappa shape index (κ2) is 8.16. The smallest absolute Gasteiger partial charge is 0.243 e. The zero-order valence-electron chi connectivity index (χ0n) is 14.4. The lowest BCUT2D eigenvalue weighted by Crippen LogP contribution is -2.30. The van der Waals surface area contributed by atoms with E-state index in [-0.39, 0.29) is 11.4 Å². The number of aromatic nitrogens is 2. The average molecular weight is 434 g/mol. The standard InChI is InChI=1S/C19H20BrN3O2S/c1-2-22-13-17(12-21-22)15-23(14-16-6-4-3-5-7-16)26(24,25)19-10-8-18(20)9-11-19/h3-13H,2,14-15H2,1H3. The maximum absolute atomic E-state index is 13.2. The van der Waals surface area contributed by atoms with Crippen molar-refractivity contribution in [3.8, 4) is 0 Å². The number of hydrogen-bond acceptors (Lipinski definition) is 3. The van der Waals surface area contributed by atoms with E-state index in [1.165, 1.54) is 4.31 Å². The van der Waals surface area contributed by atoms with Crippen LogP contribution in [-0.4, -0.2) is 22.5 Å². The van der Waals surface area contributed by atoms with Crippen molar-refractivity contribution in [3.05, 3.63) is 82.6 Å². The van der Waals surface area contributed by atoms with Gasteiger partial charge in [-0.25, -0.2) is 8.42 Å². The summed E-state index contributed by atoms with van der Waals surface area (Å²) in [5, 5.41) is 4.25. The van der Waals surface area contributed by atoms with Crippen molar-refractivity contribution >= 4 is 26.0 Å². The highest BCUT2D eigenvalue weighted by molar-refractivity contribution is 9.10. The van der Waals surface area contributed by atoms with E-state index >= 15 is 0 Å². The van der Waals surface area contributed by atoms with Gasteiger partial charge < -0.3 is 0 Å². The normalized spacial score (nSPS) is 11.8. The molecule has 3 rings (SSSR count). The molecule has 1 aromatic heterocycles. The van der Waals surface area contributed by atoms with Gasteiger partial charge in [0.15, 0.2) is 0 Å². The van der Waals surface area contributed by atoms with Crippen molar-refractivity contribution in [1.82, 2.24) is 14.1 Å². The van der Waals surface area contributed by atoms with E-state index in [0.29, 0.717) is 6.54 Å². The summed E-state index contributed by atoms with van der Waals surface area (Å²) in [6, 6.07) is 16.3. The third kappa shape index (κ3) is 4.41. The summed E-state index contributed by atoms with van der Waals surface area (Å²) in [7, 11) is -3.64. The maximum Gasteiger partial charge on any atom is 0.243 e. The summed E-state index contributed by atoms with van der Waals surface area (Å²) in [6.07, 6.45) is 3.60. The molecule has 2 aromatic carbocycles. The molecule has 0 N–H and O–H groups in total. The largest absolute Gasteiger partial charge is 0.273 e. The Balaban J connectivity index is 1.94. The van der Waals surface area contributed by atoms with Crippen LogP contribution in [0.3, 0.4) is 0 Å². The van der Waals surface area contributed by atoms with Crippen molar-refractivity contribution in [3.63, 3.8) is 0 Å². The lowest BCUT2D eigenvalue weighted by molar-refractivity contribution is 0.401. The Morgan fingerprint density at radius 1 is 1.00 bits per heavy atom. The van der Waals surface area contributed by atoms with Gasteiger partial charge in [0.05, 0.1) is 11.1 Å². The molecule has 0 aliphatic heterocycles. The van der Waals surface area contributed by atoms with Crippen LogP contribution in [0.4, 0.5) is 0 Å². The second-order valence-electron chi connectivity index (χ2n) is 5.92. The van der Waals surface area contributed by atoms with Crippen LogP contribution in [0.1, 0.15) is 18.1 Å². The molecule has 0 saturated carbocycles. The van der Waals surface area contributed by atoms with Gasteiger partial charge in [-0.15, -0.1) is 0 Å². The fourth-order valence-electron chi connectivity index (χ4n) is 2.63. The number of nitrogens with zero attached hydrogens (tertiary/aromatic N) is 3. The Morgan fingerprint density at radius 3 is 2.27 bits per heavy atom. The summed E-state index contributed by atoms with van der Waals surface area (Å²) >= 11 is 3.35. The van der Waals surface area contributed by atoms with Crippen LogP contribution < -0.4 is 0 Å². The Kier molecular flexibility index (Phi) is 5.90. The average Bonchev–Trinajstić information content (AvgIpc) is 3.10. The predicted molar refractivity (Wildman–Crippen MR) is 105 cm³/mol. The number of halogens is 1. The zero-order chi connectivity index (χ0) is 18.6. The number of benzene rings is 2. The summed E-state index contributed by atoms with van der Waals surface area (Å²) in [5.41, 5.74) is 1.81. The number of sulfonamides is 1. The van der Waals surface area contributed by atoms with Crippen LogP contribution in [0.25, 0.3) is 0 Å². The predicted octanol–water partition coefficient (Wildman–Crippen LogP) is 4.06. The molecule has 3 aromatic rings. The third-order valence-electron chi connectivity index (χ3n) is 4.02. The first kappa shape index (κ1) is 18.8. The molecule has 0 aliphatic carbocycles. The number of aryl methyl sites for hydroxylation is 1. The molecule has 0 fully saturated rings. The molecular formula is C19H20BrN3O2S. The SMILES string of the molecule is CCn1cc(CN(Cc2ccccc2)S(=O)(=O)c2ccc(Br)cc2)cn1. The van der Waals surface area contributed by atoms with Gasteiger partial charge >= 0.3 is 0 Å². The molecular weight excluding hydrogens is 414 g/mol. The molecule has 136 valence electrons. The van der Waals surface area contributed by atoms with Gasteiger partial charge in [0, 0.05) is 35.9 Å². The fourth-order valence-corrected chi connectivity index (χ4v) is 4.31. The van der Waals surface area contributed by atoms with E-state index in [0.717, 1.165) is 22.1 Å². The molecule has 26 heavy (non-hydrogen) atoms. The van der Waals surface area contributed by atoms with E-state index in [1.807, 2.05) is 43.5 Å². The van der Waals surface area contributed by atoms with E-state index < -0.39 is 10.0 Å². The first-order valence-corrected chi connectivity index (χ1v) is 10.5. The highest BCUT2D eigenvalue weighted by atomic mass is 79.9. The van der Waals surface area contributed by atoms with Crippen molar-refractivity contribution < 1.29 is 8.42 Å². The van der Waals surface area contributed by atoms with Gasteiger partial charge in [0.1, 0.15) is 0 Å². The quantitative estimate of drug-likeness (QED) is 0.564. The van der Waals surface area contributed by atoms with Gasteiger partial charge in [-0.3, -0.25) is 4.68 Å². The van der Waals surface area contributed by atoms with E-state index in [2.05, 4.69) is 21.0 Å². The number of hydrogen-bond donors (Lipinski definition) is 0. The van der Waals surface area contributed by atoms with E-state index in [1.54, 1.807) is 35.1 Å². The van der Waals surface area contributed by atoms with Crippen molar-refractivity contribution in [1.29, 1.82) is 0 Å². The van der Waals surface area contributed by atoms with Crippen LogP contribution in [0.2, 0.25) is 0 Å². The number of rotatable bonds is 7. The van der Waals surface area contributed by atoms with Crippen LogP contribution >= 0.6 is 15.9 Å². The van der Waals surface area contributed by atoms with Gasteiger partial charge in [0.25, 0.3) is 0 Å². The summed E-state index contributed by atoms with van der Waals surface area (Å²) in [4.78, 5) is 0.277. The van der Waals surface area contributed by atoms with E-state index in [4.69, 9.17) is 0 Å². The van der Waals surface area contributed by atoms with Gasteiger partial charge in [-0.2, -0.15) is 9.40 Å². The van der Waals surface area contributed by atoms with Crippen LogP contribution in [0.15, 0.2) is 76.4 Å². The molecule has 0 amide bonds. The molecule has 0 unspecified atom stereocenters. The van der Waals surface area contributed by atoms with Gasteiger partial charge in [0.2, 0.25) is 10.0 Å². The molecule has 0 spiro atoms. The minimum Gasteiger partial charge on any atom is -0.273 e. The van der Waals surface area contributed by atoms with Crippen LogP contribution in [0, 0.1) is 0 Å². The topological polar surface area (TPSA) is 55.2 Å². The Hall–Kier alpha value is -1.96. The van der Waals surface area contributed by atoms with E-state index in [9.17, 15) is 8.42 Å². The molecule has 0 aliphatic rings. The monoisotopic (exact) mass is 433 g/mol. The Morgan fingerprint density at radius 2 is 1.65 bits per heavy atom. The first-order chi connectivity index (χ1) is 12.5. The summed E-state index contributed by atoms with van der Waals surface area (Å²) < 4.78 is 30.5. The van der Waals surface area contributed by atoms with Crippen LogP contribution in [0.5, 0.6) is 0 Å². The molecule has 0 bridgehead atoms. The van der Waals surface area contributed by atoms with Crippen molar-refractivity contribution in [2.45, 2.75) is 31.5 Å². The molecule has 0 saturated heterocycles. The second-order valence-corrected chi connectivity index (χ2v) is 8.77. The minimum absolute atomic E-state index is 0.271. The first-order valence-electron chi connectivity index (χ1n) is 8.30. The lowest BCUT2D eigenvalue weighted by atomic mass is 10.2. The lowest BCUT2D eigenvalue weighted by Gasteiger charge is -2.22. The molecule has 1 heterocycles. The summed E-state index contributed by atoms with van der Waals surface area (Å²) in [6.45, 7) is 3.32. The van der Waals surface area contributed by atoms with Gasteiger partial charge in [-0.1, -0.05) is 46.3 Å². The molecule has 0 atom stereocenters. The Labute approximate surface area is 162 Å². The van der Waals surface area contributed by atoms with Crippen molar-refractivity contribution in [2.24, 2.45) is 0 Å². The highest BCUT2D eigenvalue weighted by Crippen LogP contribution is 2.22. The van der Waals surface area contributed by atoms with Crippen molar-refractivity contribution in [2.75, 3.05) is 0 Å². The zero-order valence-corrected chi connectivity index (χ0v) is 16.8. The molecule has 0 radical (unpaired) electrons. The summed E-state index contributed by atoms with van der Waals surface area (Å²) in [5.74, 6) is 0. The Bertz CT molecular complexity index is 954. The third-order valence-corrected chi connectivity index (χ3v) is 6.36.